The lowest BCUT2D eigenvalue weighted by Gasteiger charge is -2.18. The van der Waals surface area contributed by atoms with Gasteiger partial charge in [0.15, 0.2) is 0 Å². The van der Waals surface area contributed by atoms with E-state index in [4.69, 9.17) is 23.2 Å². The standard InChI is InChI=1S/C15H13Cl2FN2O/c1-20(9-10-4-2-3-5-12(10)16)15(21)19-11-6-7-13(17)14(18)8-11/h2-8H,9H2,1H3,(H,19,21). The van der Waals surface area contributed by atoms with Crippen LogP contribution in [0.5, 0.6) is 0 Å². The predicted octanol–water partition coefficient (Wildman–Crippen LogP) is 4.80. The maximum atomic E-state index is 13.3. The van der Waals surface area contributed by atoms with Crippen LogP contribution in [0.4, 0.5) is 14.9 Å². The number of halogens is 3. The van der Waals surface area contributed by atoms with E-state index in [1.165, 1.54) is 23.1 Å². The van der Waals surface area contributed by atoms with Gasteiger partial charge in [0, 0.05) is 24.3 Å². The van der Waals surface area contributed by atoms with Gasteiger partial charge in [0.05, 0.1) is 5.02 Å². The lowest BCUT2D eigenvalue weighted by atomic mass is 10.2. The van der Waals surface area contributed by atoms with E-state index in [1.807, 2.05) is 18.2 Å². The van der Waals surface area contributed by atoms with Gasteiger partial charge in [0.25, 0.3) is 0 Å². The molecule has 0 saturated heterocycles. The molecule has 0 aliphatic rings. The zero-order valence-corrected chi connectivity index (χ0v) is 12.7. The Bertz CT molecular complexity index is 664. The first-order valence-corrected chi connectivity index (χ1v) is 6.93. The van der Waals surface area contributed by atoms with E-state index in [0.29, 0.717) is 17.3 Å². The first-order chi connectivity index (χ1) is 9.97. The average molecular weight is 327 g/mol. The summed E-state index contributed by atoms with van der Waals surface area (Å²) in [5, 5.41) is 3.20. The minimum atomic E-state index is -0.580. The molecule has 0 bridgehead atoms. The highest BCUT2D eigenvalue weighted by Crippen LogP contribution is 2.20. The van der Waals surface area contributed by atoms with Crippen molar-refractivity contribution in [3.63, 3.8) is 0 Å². The zero-order valence-electron chi connectivity index (χ0n) is 11.2. The Morgan fingerprint density at radius 1 is 1.19 bits per heavy atom. The number of rotatable bonds is 3. The molecule has 0 fully saturated rings. The van der Waals surface area contributed by atoms with Gasteiger partial charge in [-0.1, -0.05) is 41.4 Å². The number of carbonyl (C=O) groups excluding carboxylic acids is 1. The van der Waals surface area contributed by atoms with E-state index >= 15 is 0 Å². The van der Waals surface area contributed by atoms with Crippen LogP contribution in [-0.2, 0) is 6.54 Å². The number of hydrogen-bond acceptors (Lipinski definition) is 1. The Morgan fingerprint density at radius 2 is 1.90 bits per heavy atom. The number of carbonyl (C=O) groups is 1. The molecule has 3 nitrogen and oxygen atoms in total. The van der Waals surface area contributed by atoms with E-state index in [1.54, 1.807) is 13.1 Å². The number of anilines is 1. The third-order valence-corrected chi connectivity index (χ3v) is 3.56. The van der Waals surface area contributed by atoms with Crippen LogP contribution in [0.25, 0.3) is 0 Å². The lowest BCUT2D eigenvalue weighted by Crippen LogP contribution is -2.30. The summed E-state index contributed by atoms with van der Waals surface area (Å²) in [6, 6.07) is 11.0. The first-order valence-electron chi connectivity index (χ1n) is 6.18. The van der Waals surface area contributed by atoms with Crippen LogP contribution in [-0.4, -0.2) is 18.0 Å². The topological polar surface area (TPSA) is 32.3 Å². The molecule has 6 heteroatoms. The van der Waals surface area contributed by atoms with Crippen molar-refractivity contribution in [1.29, 1.82) is 0 Å². The van der Waals surface area contributed by atoms with Gasteiger partial charge >= 0.3 is 6.03 Å². The van der Waals surface area contributed by atoms with Gasteiger partial charge in [-0.3, -0.25) is 0 Å². The monoisotopic (exact) mass is 326 g/mol. The minimum absolute atomic E-state index is 0.0115. The molecule has 0 saturated carbocycles. The molecule has 21 heavy (non-hydrogen) atoms. The molecule has 0 radical (unpaired) electrons. The molecule has 2 rings (SSSR count). The molecule has 0 spiro atoms. The van der Waals surface area contributed by atoms with Gasteiger partial charge in [-0.05, 0) is 29.8 Å². The fraction of sp³-hybridized carbons (Fsp3) is 0.133. The second-order valence-electron chi connectivity index (χ2n) is 4.51. The van der Waals surface area contributed by atoms with Gasteiger partial charge in [-0.25, -0.2) is 9.18 Å². The summed E-state index contributed by atoms with van der Waals surface area (Å²) in [5.41, 5.74) is 1.17. The van der Waals surface area contributed by atoms with Crippen LogP contribution >= 0.6 is 23.2 Å². The van der Waals surface area contributed by atoms with Gasteiger partial charge in [0.1, 0.15) is 5.82 Å². The maximum Gasteiger partial charge on any atom is 0.321 e. The Labute approximate surface area is 132 Å². The summed E-state index contributed by atoms with van der Waals surface area (Å²) < 4.78 is 13.3. The predicted molar refractivity (Wildman–Crippen MR) is 83.3 cm³/mol. The highest BCUT2D eigenvalue weighted by Gasteiger charge is 2.12. The zero-order chi connectivity index (χ0) is 15.4. The fourth-order valence-electron chi connectivity index (χ4n) is 1.75. The summed E-state index contributed by atoms with van der Waals surface area (Å²) in [6.07, 6.45) is 0. The van der Waals surface area contributed by atoms with Crippen molar-refractivity contribution in [3.8, 4) is 0 Å². The van der Waals surface area contributed by atoms with Crippen LogP contribution in [0.1, 0.15) is 5.56 Å². The normalized spacial score (nSPS) is 10.3. The van der Waals surface area contributed by atoms with E-state index in [0.717, 1.165) is 5.56 Å². The van der Waals surface area contributed by atoms with Crippen molar-refractivity contribution in [3.05, 3.63) is 63.9 Å². The van der Waals surface area contributed by atoms with Crippen molar-refractivity contribution in [1.82, 2.24) is 4.90 Å². The maximum absolute atomic E-state index is 13.3. The largest absolute Gasteiger partial charge is 0.323 e. The molecule has 0 heterocycles. The average Bonchev–Trinajstić information content (AvgIpc) is 2.45. The molecule has 0 aromatic heterocycles. The Balaban J connectivity index is 2.02. The second kappa shape index (κ2) is 6.78. The number of hydrogen-bond donors (Lipinski definition) is 1. The Hall–Kier alpha value is -1.78. The number of amides is 2. The van der Waals surface area contributed by atoms with Crippen molar-refractivity contribution in [2.75, 3.05) is 12.4 Å². The Kier molecular flexibility index (Phi) is 5.04. The second-order valence-corrected chi connectivity index (χ2v) is 5.32. The van der Waals surface area contributed by atoms with Gasteiger partial charge in [-0.2, -0.15) is 0 Å². The number of nitrogens with zero attached hydrogens (tertiary/aromatic N) is 1. The SMILES string of the molecule is CN(Cc1ccccc1Cl)C(=O)Nc1ccc(Cl)c(F)c1. The molecule has 0 atom stereocenters. The lowest BCUT2D eigenvalue weighted by molar-refractivity contribution is 0.220. The van der Waals surface area contributed by atoms with Crippen LogP contribution in [0.2, 0.25) is 10.0 Å². The van der Waals surface area contributed by atoms with E-state index < -0.39 is 5.82 Å². The molecule has 110 valence electrons. The molecular weight excluding hydrogens is 314 g/mol. The third-order valence-electron chi connectivity index (χ3n) is 2.88. The van der Waals surface area contributed by atoms with Gasteiger partial charge < -0.3 is 10.2 Å². The van der Waals surface area contributed by atoms with Crippen LogP contribution in [0.3, 0.4) is 0 Å². The number of benzene rings is 2. The molecule has 1 N–H and O–H groups in total. The van der Waals surface area contributed by atoms with Crippen LogP contribution < -0.4 is 5.32 Å². The van der Waals surface area contributed by atoms with Crippen molar-refractivity contribution in [2.45, 2.75) is 6.54 Å². The van der Waals surface area contributed by atoms with Crippen LogP contribution in [0.15, 0.2) is 42.5 Å². The Morgan fingerprint density at radius 3 is 2.57 bits per heavy atom. The molecule has 0 aliphatic carbocycles. The van der Waals surface area contributed by atoms with E-state index in [2.05, 4.69) is 5.32 Å². The quantitative estimate of drug-likeness (QED) is 0.863. The molecule has 2 aromatic rings. The van der Waals surface area contributed by atoms with E-state index in [9.17, 15) is 9.18 Å². The highest BCUT2D eigenvalue weighted by molar-refractivity contribution is 6.31. The fourth-order valence-corrected chi connectivity index (χ4v) is 2.06. The molecule has 0 aliphatic heterocycles. The first kappa shape index (κ1) is 15.6. The van der Waals surface area contributed by atoms with Crippen LogP contribution in [0, 0.1) is 5.82 Å². The van der Waals surface area contributed by atoms with Crippen molar-refractivity contribution < 1.29 is 9.18 Å². The third kappa shape index (κ3) is 4.09. The molecule has 2 amide bonds. The highest BCUT2D eigenvalue weighted by atomic mass is 35.5. The summed E-state index contributed by atoms with van der Waals surface area (Å²) in [4.78, 5) is 13.5. The molecule has 2 aromatic carbocycles. The number of urea groups is 1. The molecule has 0 unspecified atom stereocenters. The number of nitrogens with one attached hydrogen (secondary N) is 1. The van der Waals surface area contributed by atoms with Crippen molar-refractivity contribution in [2.24, 2.45) is 0 Å². The van der Waals surface area contributed by atoms with Gasteiger partial charge in [-0.15, -0.1) is 0 Å². The minimum Gasteiger partial charge on any atom is -0.323 e. The molecular formula is C15H13Cl2FN2O. The van der Waals surface area contributed by atoms with E-state index in [-0.39, 0.29) is 11.1 Å². The smallest absolute Gasteiger partial charge is 0.321 e. The summed E-state index contributed by atoms with van der Waals surface area (Å²) >= 11 is 11.6. The summed E-state index contributed by atoms with van der Waals surface area (Å²) in [5.74, 6) is -0.580. The summed E-state index contributed by atoms with van der Waals surface area (Å²) in [7, 11) is 1.63. The summed E-state index contributed by atoms with van der Waals surface area (Å²) in [6.45, 7) is 0.349. The van der Waals surface area contributed by atoms with Gasteiger partial charge in [0.2, 0.25) is 0 Å². The van der Waals surface area contributed by atoms with Crippen molar-refractivity contribution >= 4 is 34.9 Å².